The number of hydrogen-bond acceptors (Lipinski definition) is 7. The van der Waals surface area contributed by atoms with Crippen molar-refractivity contribution < 1.29 is 18.7 Å². The largest absolute Gasteiger partial charge is 0.481 e. The Hall–Kier alpha value is -2.57. The maximum Gasteiger partial charge on any atom is 0.360 e. The number of methoxy groups -OCH3 is 1. The first-order valence-corrected chi connectivity index (χ1v) is 5.62. The summed E-state index contributed by atoms with van der Waals surface area (Å²) in [6.07, 6.45) is 2.80. The van der Waals surface area contributed by atoms with Gasteiger partial charge in [-0.05, 0) is 13.0 Å². The molecule has 0 amide bonds. The van der Waals surface area contributed by atoms with Gasteiger partial charge in [0.25, 0.3) is 6.01 Å². The number of nitrogens with one attached hydrogen (secondary N) is 1. The van der Waals surface area contributed by atoms with Gasteiger partial charge in [0.1, 0.15) is 6.26 Å². The van der Waals surface area contributed by atoms with Crippen molar-refractivity contribution in [3.05, 3.63) is 30.3 Å². The van der Waals surface area contributed by atoms with Crippen LogP contribution in [0.3, 0.4) is 0 Å². The molecule has 100 valence electrons. The summed E-state index contributed by atoms with van der Waals surface area (Å²) in [5.74, 6) is -0.0164. The fourth-order valence-corrected chi connectivity index (χ4v) is 1.33. The Morgan fingerprint density at radius 1 is 1.47 bits per heavy atom. The van der Waals surface area contributed by atoms with Crippen LogP contribution in [0.25, 0.3) is 0 Å². The molecule has 19 heavy (non-hydrogen) atoms. The number of carbonyl (C=O) groups is 1. The lowest BCUT2D eigenvalue weighted by Gasteiger charge is -2.02. The number of rotatable bonds is 5. The van der Waals surface area contributed by atoms with Crippen LogP contribution in [0, 0.1) is 0 Å². The second kappa shape index (κ2) is 5.85. The summed E-state index contributed by atoms with van der Waals surface area (Å²) >= 11 is 0. The van der Waals surface area contributed by atoms with Crippen molar-refractivity contribution in [2.24, 2.45) is 0 Å². The van der Waals surface area contributed by atoms with Crippen molar-refractivity contribution >= 4 is 17.7 Å². The van der Waals surface area contributed by atoms with Gasteiger partial charge in [-0.1, -0.05) is 0 Å². The molecule has 0 fully saturated rings. The molecule has 0 aromatic carbocycles. The third kappa shape index (κ3) is 3.21. The number of nitrogens with zero attached hydrogens (tertiary/aromatic N) is 2. The predicted octanol–water partition coefficient (Wildman–Crippen LogP) is 2.00. The van der Waals surface area contributed by atoms with Gasteiger partial charge in [0.05, 0.1) is 25.6 Å². The highest BCUT2D eigenvalue weighted by Crippen LogP contribution is 2.17. The zero-order valence-electron chi connectivity index (χ0n) is 10.5. The topological polar surface area (TPSA) is 86.5 Å². The number of carbonyl (C=O) groups excluding carboxylic acids is 1. The summed E-state index contributed by atoms with van der Waals surface area (Å²) < 4.78 is 14.9. The minimum Gasteiger partial charge on any atom is -0.481 e. The number of aromatic nitrogens is 2. The molecule has 0 aliphatic carbocycles. The van der Waals surface area contributed by atoms with Gasteiger partial charge < -0.3 is 19.2 Å². The van der Waals surface area contributed by atoms with E-state index in [-0.39, 0.29) is 18.3 Å². The lowest BCUT2D eigenvalue weighted by molar-refractivity contribution is 0.0519. The molecular weight excluding hydrogens is 250 g/mol. The molecule has 0 unspecified atom stereocenters. The highest BCUT2D eigenvalue weighted by Gasteiger charge is 2.13. The molecule has 7 heteroatoms. The maximum absolute atomic E-state index is 11.4. The monoisotopic (exact) mass is 263 g/mol. The van der Waals surface area contributed by atoms with E-state index in [1.54, 1.807) is 25.3 Å². The van der Waals surface area contributed by atoms with Crippen LogP contribution in [-0.4, -0.2) is 29.7 Å². The van der Waals surface area contributed by atoms with Gasteiger partial charge in [0.2, 0.25) is 5.88 Å². The van der Waals surface area contributed by atoms with Crippen LogP contribution in [0.1, 0.15) is 17.4 Å². The summed E-state index contributed by atoms with van der Waals surface area (Å²) in [4.78, 5) is 19.4. The maximum atomic E-state index is 11.4. The zero-order valence-corrected chi connectivity index (χ0v) is 10.5. The molecule has 0 aliphatic heterocycles. The van der Waals surface area contributed by atoms with Crippen LogP contribution < -0.4 is 10.1 Å². The number of esters is 1. The second-order valence-corrected chi connectivity index (χ2v) is 3.47. The van der Waals surface area contributed by atoms with E-state index in [1.807, 2.05) is 0 Å². The Balaban J connectivity index is 2.04. The Morgan fingerprint density at radius 3 is 2.95 bits per heavy atom. The molecule has 0 saturated heterocycles. The molecule has 0 atom stereocenters. The molecule has 0 aliphatic rings. The van der Waals surface area contributed by atoms with Crippen molar-refractivity contribution in [3.63, 3.8) is 0 Å². The van der Waals surface area contributed by atoms with Crippen LogP contribution in [0.4, 0.5) is 11.7 Å². The van der Waals surface area contributed by atoms with Crippen LogP contribution in [0.2, 0.25) is 0 Å². The van der Waals surface area contributed by atoms with Crippen LogP contribution >= 0.6 is 0 Å². The zero-order chi connectivity index (χ0) is 13.7. The van der Waals surface area contributed by atoms with Gasteiger partial charge >= 0.3 is 5.97 Å². The summed E-state index contributed by atoms with van der Waals surface area (Å²) in [5, 5.41) is 2.87. The summed E-state index contributed by atoms with van der Waals surface area (Å²) in [6.45, 7) is 2.01. The Labute approximate surface area is 109 Å². The molecule has 0 bridgehead atoms. The van der Waals surface area contributed by atoms with Crippen molar-refractivity contribution in [2.45, 2.75) is 6.92 Å². The first-order valence-electron chi connectivity index (χ1n) is 5.62. The smallest absolute Gasteiger partial charge is 0.360 e. The van der Waals surface area contributed by atoms with E-state index in [0.29, 0.717) is 11.6 Å². The number of anilines is 2. The third-order valence-corrected chi connectivity index (χ3v) is 2.19. The first kappa shape index (κ1) is 12.9. The van der Waals surface area contributed by atoms with Gasteiger partial charge in [-0.15, -0.1) is 0 Å². The van der Waals surface area contributed by atoms with E-state index < -0.39 is 5.97 Å². The second-order valence-electron chi connectivity index (χ2n) is 3.47. The molecular formula is C12H13N3O4. The van der Waals surface area contributed by atoms with Gasteiger partial charge in [0.15, 0.2) is 5.69 Å². The van der Waals surface area contributed by atoms with Crippen LogP contribution in [-0.2, 0) is 4.74 Å². The molecule has 0 spiro atoms. The van der Waals surface area contributed by atoms with E-state index in [9.17, 15) is 4.79 Å². The highest BCUT2D eigenvalue weighted by atomic mass is 16.5. The van der Waals surface area contributed by atoms with E-state index >= 15 is 0 Å². The van der Waals surface area contributed by atoms with Gasteiger partial charge in [0, 0.05) is 6.07 Å². The quantitative estimate of drug-likeness (QED) is 0.825. The average molecular weight is 263 g/mol. The molecule has 0 radical (unpaired) electrons. The lowest BCUT2D eigenvalue weighted by Crippen LogP contribution is -2.05. The predicted molar refractivity (Wildman–Crippen MR) is 66.5 cm³/mol. The summed E-state index contributed by atoms with van der Waals surface area (Å²) in [6, 6.07) is 3.63. The number of ether oxygens (including phenoxy) is 2. The Kier molecular flexibility index (Phi) is 3.97. The van der Waals surface area contributed by atoms with Crippen LogP contribution in [0.5, 0.6) is 5.88 Å². The third-order valence-electron chi connectivity index (χ3n) is 2.19. The van der Waals surface area contributed by atoms with E-state index in [4.69, 9.17) is 13.9 Å². The SMILES string of the molecule is CCOC(=O)c1coc(Nc2ccc(OC)nc2)n1. The van der Waals surface area contributed by atoms with E-state index in [0.717, 1.165) is 0 Å². The number of hydrogen-bond donors (Lipinski definition) is 1. The molecule has 2 aromatic heterocycles. The number of pyridine rings is 1. The average Bonchev–Trinajstić information content (AvgIpc) is 2.88. The van der Waals surface area contributed by atoms with E-state index in [2.05, 4.69) is 15.3 Å². The van der Waals surface area contributed by atoms with Crippen molar-refractivity contribution in [2.75, 3.05) is 19.0 Å². The molecule has 7 nitrogen and oxygen atoms in total. The van der Waals surface area contributed by atoms with Gasteiger partial charge in [-0.3, -0.25) is 0 Å². The minimum atomic E-state index is -0.521. The molecule has 2 rings (SSSR count). The lowest BCUT2D eigenvalue weighted by atomic mass is 10.4. The van der Waals surface area contributed by atoms with E-state index in [1.165, 1.54) is 13.4 Å². The highest BCUT2D eigenvalue weighted by molar-refractivity contribution is 5.87. The molecule has 1 N–H and O–H groups in total. The Morgan fingerprint density at radius 2 is 2.32 bits per heavy atom. The fraction of sp³-hybridized carbons (Fsp3) is 0.250. The Bertz CT molecular complexity index is 550. The van der Waals surface area contributed by atoms with Crippen molar-refractivity contribution in [1.82, 2.24) is 9.97 Å². The molecule has 0 saturated carbocycles. The molecule has 2 heterocycles. The fourth-order valence-electron chi connectivity index (χ4n) is 1.33. The van der Waals surface area contributed by atoms with Gasteiger partial charge in [-0.2, -0.15) is 4.98 Å². The summed E-state index contributed by atoms with van der Waals surface area (Å²) in [7, 11) is 1.54. The molecule has 2 aromatic rings. The van der Waals surface area contributed by atoms with Crippen molar-refractivity contribution in [3.8, 4) is 5.88 Å². The van der Waals surface area contributed by atoms with Gasteiger partial charge in [-0.25, -0.2) is 9.78 Å². The van der Waals surface area contributed by atoms with Crippen LogP contribution in [0.15, 0.2) is 29.0 Å². The first-order chi connectivity index (χ1) is 9.22. The normalized spacial score (nSPS) is 10.0. The standard InChI is InChI=1S/C12H13N3O4/c1-3-18-11(16)9-7-19-12(15-9)14-8-4-5-10(17-2)13-6-8/h4-7H,3H2,1-2H3,(H,14,15). The van der Waals surface area contributed by atoms with Crippen molar-refractivity contribution in [1.29, 1.82) is 0 Å². The summed E-state index contributed by atoms with van der Waals surface area (Å²) in [5.41, 5.74) is 0.781. The number of oxazole rings is 1. The minimum absolute atomic E-state index is 0.117.